The average Bonchev–Trinajstić information content (AvgIpc) is 2.94. The van der Waals surface area contributed by atoms with Gasteiger partial charge in [-0.1, -0.05) is 26.0 Å². The van der Waals surface area contributed by atoms with E-state index in [0.29, 0.717) is 12.1 Å². The first-order valence-electron chi connectivity index (χ1n) is 13.2. The summed E-state index contributed by atoms with van der Waals surface area (Å²) in [5.41, 5.74) is 7.66. The molecule has 0 spiro atoms. The minimum absolute atomic E-state index is 0.138. The summed E-state index contributed by atoms with van der Waals surface area (Å²) in [6.07, 6.45) is -3.10. The highest BCUT2D eigenvalue weighted by Crippen LogP contribution is 2.33. The summed E-state index contributed by atoms with van der Waals surface area (Å²) in [5, 5.41) is 5.95. The van der Waals surface area contributed by atoms with Crippen LogP contribution in [0.3, 0.4) is 0 Å². The van der Waals surface area contributed by atoms with E-state index in [1.807, 2.05) is 32.9 Å². The second-order valence-corrected chi connectivity index (χ2v) is 9.57. The van der Waals surface area contributed by atoms with Crippen LogP contribution in [0, 0.1) is 6.92 Å². The van der Waals surface area contributed by atoms with Crippen molar-refractivity contribution in [2.24, 2.45) is 0 Å². The topological polar surface area (TPSA) is 113 Å². The quantitative estimate of drug-likeness (QED) is 0.246. The van der Waals surface area contributed by atoms with Gasteiger partial charge >= 0.3 is 6.18 Å². The molecule has 0 aliphatic rings. The molecule has 4 aromatic rings. The highest BCUT2D eigenvalue weighted by Gasteiger charge is 2.32. The van der Waals surface area contributed by atoms with Crippen LogP contribution in [0.2, 0.25) is 0 Å². The Bertz CT molecular complexity index is 1580. The predicted octanol–water partition coefficient (Wildman–Crippen LogP) is 5.53. The Labute approximate surface area is 235 Å². The number of amides is 2. The van der Waals surface area contributed by atoms with Gasteiger partial charge in [-0.05, 0) is 79.2 Å². The molecule has 0 aliphatic heterocycles. The number of carbonyl (C=O) groups is 2. The van der Waals surface area contributed by atoms with Crippen LogP contribution in [-0.4, -0.2) is 52.9 Å². The maximum absolute atomic E-state index is 13.7. The lowest BCUT2D eigenvalue weighted by atomic mass is 9.97. The van der Waals surface area contributed by atoms with Crippen LogP contribution >= 0.6 is 0 Å². The molecule has 0 atom stereocenters. The lowest BCUT2D eigenvalue weighted by molar-refractivity contribution is -0.137. The van der Waals surface area contributed by atoms with Crippen LogP contribution in [0.4, 0.5) is 24.8 Å². The first-order valence-corrected chi connectivity index (χ1v) is 13.2. The monoisotopic (exact) mass is 564 g/mol. The van der Waals surface area contributed by atoms with Gasteiger partial charge in [-0.2, -0.15) is 13.2 Å². The summed E-state index contributed by atoms with van der Waals surface area (Å²) >= 11 is 0. The first kappa shape index (κ1) is 29.5. The lowest BCUT2D eigenvalue weighted by Gasteiger charge is -2.18. The molecule has 2 amide bonds. The highest BCUT2D eigenvalue weighted by molar-refractivity contribution is 6.06. The van der Waals surface area contributed by atoms with Gasteiger partial charge in [0.15, 0.2) is 0 Å². The van der Waals surface area contributed by atoms with Crippen LogP contribution in [0.15, 0.2) is 60.8 Å². The summed E-state index contributed by atoms with van der Waals surface area (Å²) < 4.78 is 41.0. The zero-order chi connectivity index (χ0) is 29.7. The highest BCUT2D eigenvalue weighted by atomic mass is 19.4. The molecule has 0 radical (unpaired) electrons. The van der Waals surface area contributed by atoms with Crippen molar-refractivity contribution in [3.05, 3.63) is 83.0 Å². The fraction of sp³-hybridized carbons (Fsp3) is 0.267. The zero-order valence-electron chi connectivity index (χ0n) is 23.0. The largest absolute Gasteiger partial charge is 0.416 e. The van der Waals surface area contributed by atoms with Crippen molar-refractivity contribution < 1.29 is 22.8 Å². The second-order valence-electron chi connectivity index (χ2n) is 9.57. The second kappa shape index (κ2) is 12.3. The number of aryl methyl sites for hydroxylation is 1. The van der Waals surface area contributed by atoms with E-state index in [1.54, 1.807) is 30.5 Å². The van der Waals surface area contributed by atoms with Gasteiger partial charge in [0.1, 0.15) is 0 Å². The molecule has 1 heterocycles. The number of benzene rings is 3. The molecule has 4 N–H and O–H groups in total. The van der Waals surface area contributed by atoms with Crippen molar-refractivity contribution >= 4 is 34.4 Å². The van der Waals surface area contributed by atoms with Gasteiger partial charge in [-0.25, -0.2) is 9.97 Å². The minimum atomic E-state index is -4.71. The Morgan fingerprint density at radius 3 is 2.41 bits per heavy atom. The summed E-state index contributed by atoms with van der Waals surface area (Å²) in [6, 6.07) is 13.4. The van der Waals surface area contributed by atoms with E-state index in [1.165, 1.54) is 6.07 Å². The van der Waals surface area contributed by atoms with E-state index in [-0.39, 0.29) is 29.3 Å². The van der Waals surface area contributed by atoms with Gasteiger partial charge in [0.25, 0.3) is 11.8 Å². The van der Waals surface area contributed by atoms with Crippen LogP contribution in [0.5, 0.6) is 0 Å². The Kier molecular flexibility index (Phi) is 8.87. The van der Waals surface area contributed by atoms with E-state index in [0.717, 1.165) is 47.3 Å². The number of likely N-dealkylation sites (N-methyl/N-ethyl adjacent to an activating group) is 1. The van der Waals surface area contributed by atoms with Gasteiger partial charge < -0.3 is 21.3 Å². The summed E-state index contributed by atoms with van der Waals surface area (Å²) in [6.45, 7) is 8.27. The third-order valence-corrected chi connectivity index (χ3v) is 6.80. The molecular formula is C30H31F3N6O2. The number of carbonyl (C=O) groups excluding carboxylic acids is 2. The molecule has 0 fully saturated rings. The normalized spacial score (nSPS) is 11.6. The fourth-order valence-electron chi connectivity index (χ4n) is 4.46. The van der Waals surface area contributed by atoms with E-state index in [4.69, 9.17) is 5.73 Å². The number of nitrogens with one attached hydrogen (secondary N) is 2. The predicted molar refractivity (Wildman–Crippen MR) is 154 cm³/mol. The Morgan fingerprint density at radius 2 is 1.71 bits per heavy atom. The van der Waals surface area contributed by atoms with Gasteiger partial charge in [0.05, 0.1) is 11.1 Å². The Morgan fingerprint density at radius 1 is 0.951 bits per heavy atom. The minimum Gasteiger partial charge on any atom is -0.368 e. The fourth-order valence-corrected chi connectivity index (χ4v) is 4.46. The number of hydrogen-bond donors (Lipinski definition) is 3. The number of halogens is 3. The van der Waals surface area contributed by atoms with Gasteiger partial charge in [0.2, 0.25) is 5.95 Å². The molecule has 214 valence electrons. The van der Waals surface area contributed by atoms with E-state index < -0.39 is 23.6 Å². The molecule has 3 aromatic carbocycles. The van der Waals surface area contributed by atoms with Crippen LogP contribution < -0.4 is 16.4 Å². The van der Waals surface area contributed by atoms with Crippen molar-refractivity contribution in [3.8, 4) is 11.1 Å². The molecule has 1 aromatic heterocycles. The van der Waals surface area contributed by atoms with E-state index >= 15 is 0 Å². The van der Waals surface area contributed by atoms with Gasteiger partial charge in [-0.15, -0.1) is 0 Å². The third-order valence-electron chi connectivity index (χ3n) is 6.80. The SMILES string of the molecule is CCN(CC)CCNC(=O)c1cc(NC(=O)c2ccc(C)c(-c3ccc4nc(N)ncc4c3)c2)cc(C(F)(F)F)c1. The molecule has 0 aliphatic carbocycles. The molecular weight excluding hydrogens is 533 g/mol. The number of nitrogens with two attached hydrogens (primary N) is 1. The number of rotatable bonds is 9. The molecule has 0 saturated heterocycles. The van der Waals surface area contributed by atoms with Gasteiger partial charge in [0, 0.05) is 41.5 Å². The summed E-state index contributed by atoms with van der Waals surface area (Å²) in [5.74, 6) is -1.11. The molecule has 0 bridgehead atoms. The molecule has 11 heteroatoms. The number of anilines is 2. The number of alkyl halides is 3. The third kappa shape index (κ3) is 7.17. The standard InChI is InChI=1S/C30H31F3N6O2/c1-4-39(5-2)11-10-35-27(40)21-13-23(30(31,32)33)16-24(14-21)37-28(41)20-7-6-18(3)25(15-20)19-8-9-26-22(12-19)17-36-29(34)38-26/h6-9,12-17H,4-5,10-11H2,1-3H3,(H,35,40)(H,37,41)(H2,34,36,38). The lowest BCUT2D eigenvalue weighted by Crippen LogP contribution is -2.34. The smallest absolute Gasteiger partial charge is 0.368 e. The summed E-state index contributed by atoms with van der Waals surface area (Å²) in [7, 11) is 0. The number of aromatic nitrogens is 2. The molecule has 0 unspecified atom stereocenters. The van der Waals surface area contributed by atoms with E-state index in [9.17, 15) is 22.8 Å². The van der Waals surface area contributed by atoms with Gasteiger partial charge in [-0.3, -0.25) is 9.59 Å². The van der Waals surface area contributed by atoms with Crippen LogP contribution in [0.25, 0.3) is 22.0 Å². The zero-order valence-corrected chi connectivity index (χ0v) is 23.0. The van der Waals surface area contributed by atoms with Crippen molar-refractivity contribution in [1.29, 1.82) is 0 Å². The first-order chi connectivity index (χ1) is 19.5. The Hall–Kier alpha value is -4.51. The van der Waals surface area contributed by atoms with Crippen molar-refractivity contribution in [3.63, 3.8) is 0 Å². The maximum Gasteiger partial charge on any atom is 0.416 e. The summed E-state index contributed by atoms with van der Waals surface area (Å²) in [4.78, 5) is 36.2. The number of nitrogens with zero attached hydrogens (tertiary/aromatic N) is 3. The molecule has 8 nitrogen and oxygen atoms in total. The molecule has 4 rings (SSSR count). The number of hydrogen-bond acceptors (Lipinski definition) is 6. The maximum atomic E-state index is 13.7. The Balaban J connectivity index is 1.59. The van der Waals surface area contributed by atoms with E-state index in [2.05, 4.69) is 25.5 Å². The van der Waals surface area contributed by atoms with Crippen LogP contribution in [0.1, 0.15) is 45.7 Å². The average molecular weight is 565 g/mol. The van der Waals surface area contributed by atoms with Crippen molar-refractivity contribution in [1.82, 2.24) is 20.2 Å². The van der Waals surface area contributed by atoms with Crippen molar-refractivity contribution in [2.45, 2.75) is 26.9 Å². The number of nitrogen functional groups attached to an aromatic ring is 1. The van der Waals surface area contributed by atoms with Crippen molar-refractivity contribution in [2.75, 3.05) is 37.2 Å². The van der Waals surface area contributed by atoms with Crippen LogP contribution in [-0.2, 0) is 6.18 Å². The molecule has 41 heavy (non-hydrogen) atoms. The number of fused-ring (bicyclic) bond motifs is 1. The molecule has 0 saturated carbocycles.